The maximum absolute atomic E-state index is 13.0. The van der Waals surface area contributed by atoms with Gasteiger partial charge in [-0.25, -0.2) is 4.79 Å². The van der Waals surface area contributed by atoms with E-state index in [9.17, 15) is 14.4 Å². The van der Waals surface area contributed by atoms with Crippen molar-refractivity contribution >= 4 is 29.2 Å². The first-order valence-corrected chi connectivity index (χ1v) is 9.87. The van der Waals surface area contributed by atoms with Gasteiger partial charge in [-0.15, -0.1) is 0 Å². The molecule has 29 heavy (non-hydrogen) atoms. The zero-order valence-electron chi connectivity index (χ0n) is 17.0. The summed E-state index contributed by atoms with van der Waals surface area (Å²) in [5.41, 5.74) is 2.83. The molecule has 0 saturated heterocycles. The molecule has 0 atom stereocenters. The molecule has 2 amide bonds. The van der Waals surface area contributed by atoms with Gasteiger partial charge in [0.05, 0.1) is 12.7 Å². The number of hydrogen-bond donors (Lipinski definition) is 2. The molecule has 0 aliphatic heterocycles. The van der Waals surface area contributed by atoms with Crippen LogP contribution in [-0.2, 0) is 27.2 Å². The van der Waals surface area contributed by atoms with E-state index in [0.717, 1.165) is 29.7 Å². The smallest absolute Gasteiger partial charge is 0.337 e. The van der Waals surface area contributed by atoms with Crippen LogP contribution in [0.25, 0.3) is 0 Å². The SMILES string of the molecule is CCc1cccc(CC)c1NC(=O)C1(C(=O)Nc2ccc(C(=O)OC)cc2)CC1. The number of aryl methyl sites for hydroxylation is 2. The summed E-state index contributed by atoms with van der Waals surface area (Å²) in [6.45, 7) is 4.09. The molecule has 6 nitrogen and oxygen atoms in total. The van der Waals surface area contributed by atoms with Gasteiger partial charge in [0.2, 0.25) is 11.8 Å². The second-order valence-electron chi connectivity index (χ2n) is 7.22. The fraction of sp³-hybridized carbons (Fsp3) is 0.348. The van der Waals surface area contributed by atoms with Gasteiger partial charge in [0.1, 0.15) is 5.41 Å². The summed E-state index contributed by atoms with van der Waals surface area (Å²) in [5, 5.41) is 5.82. The Morgan fingerprint density at radius 2 is 1.45 bits per heavy atom. The number of ether oxygens (including phenoxy) is 1. The lowest BCUT2D eigenvalue weighted by atomic mass is 10.0. The number of anilines is 2. The first-order valence-electron chi connectivity index (χ1n) is 9.87. The maximum Gasteiger partial charge on any atom is 0.337 e. The molecule has 2 N–H and O–H groups in total. The molecular formula is C23H26N2O4. The van der Waals surface area contributed by atoms with Crippen molar-refractivity contribution in [3.05, 3.63) is 59.2 Å². The van der Waals surface area contributed by atoms with Gasteiger partial charge < -0.3 is 15.4 Å². The van der Waals surface area contributed by atoms with E-state index >= 15 is 0 Å². The number of para-hydroxylation sites is 1. The molecule has 1 aliphatic carbocycles. The average molecular weight is 394 g/mol. The topological polar surface area (TPSA) is 84.5 Å². The number of benzene rings is 2. The maximum atomic E-state index is 13.0. The molecule has 0 heterocycles. The molecule has 2 aromatic carbocycles. The summed E-state index contributed by atoms with van der Waals surface area (Å²) in [4.78, 5) is 37.4. The van der Waals surface area contributed by atoms with E-state index in [1.165, 1.54) is 7.11 Å². The summed E-state index contributed by atoms with van der Waals surface area (Å²) in [7, 11) is 1.31. The standard InChI is InChI=1S/C23H26N2O4/c1-4-15-7-6-8-16(5-2)19(15)25-22(28)23(13-14-23)21(27)24-18-11-9-17(10-12-18)20(26)29-3/h6-12H,4-5,13-14H2,1-3H3,(H,24,27)(H,25,28). The Hall–Kier alpha value is -3.15. The van der Waals surface area contributed by atoms with E-state index in [1.54, 1.807) is 24.3 Å². The minimum absolute atomic E-state index is 0.267. The summed E-state index contributed by atoms with van der Waals surface area (Å²) in [6, 6.07) is 12.4. The van der Waals surface area contributed by atoms with Crippen LogP contribution in [0.3, 0.4) is 0 Å². The quantitative estimate of drug-likeness (QED) is 0.550. The largest absolute Gasteiger partial charge is 0.465 e. The Bertz CT molecular complexity index is 908. The van der Waals surface area contributed by atoms with Crippen molar-refractivity contribution in [3.8, 4) is 0 Å². The van der Waals surface area contributed by atoms with Crippen LogP contribution < -0.4 is 10.6 Å². The van der Waals surface area contributed by atoms with Crippen molar-refractivity contribution in [2.75, 3.05) is 17.7 Å². The normalized spacial score (nSPS) is 14.0. The van der Waals surface area contributed by atoms with Gasteiger partial charge in [-0.2, -0.15) is 0 Å². The Balaban J connectivity index is 1.73. The first kappa shape index (κ1) is 20.6. The summed E-state index contributed by atoms with van der Waals surface area (Å²) < 4.78 is 4.67. The van der Waals surface area contributed by atoms with Crippen LogP contribution >= 0.6 is 0 Å². The molecule has 1 aliphatic rings. The van der Waals surface area contributed by atoms with Gasteiger partial charge in [0.15, 0.2) is 0 Å². The minimum Gasteiger partial charge on any atom is -0.465 e. The number of methoxy groups -OCH3 is 1. The monoisotopic (exact) mass is 394 g/mol. The van der Waals surface area contributed by atoms with Crippen LogP contribution in [0.4, 0.5) is 11.4 Å². The summed E-state index contributed by atoms with van der Waals surface area (Å²) in [6.07, 6.45) is 2.63. The summed E-state index contributed by atoms with van der Waals surface area (Å²) in [5.74, 6) is -1.04. The zero-order valence-corrected chi connectivity index (χ0v) is 17.0. The van der Waals surface area contributed by atoms with E-state index < -0.39 is 11.4 Å². The fourth-order valence-electron chi connectivity index (χ4n) is 3.38. The highest BCUT2D eigenvalue weighted by molar-refractivity contribution is 6.17. The van der Waals surface area contributed by atoms with Crippen molar-refractivity contribution in [2.45, 2.75) is 39.5 Å². The highest BCUT2D eigenvalue weighted by atomic mass is 16.5. The third-order valence-electron chi connectivity index (χ3n) is 5.42. The second-order valence-corrected chi connectivity index (χ2v) is 7.22. The van der Waals surface area contributed by atoms with Crippen molar-refractivity contribution in [1.29, 1.82) is 0 Å². The number of carbonyl (C=O) groups is 3. The van der Waals surface area contributed by atoms with E-state index in [0.29, 0.717) is 24.1 Å². The molecule has 0 aromatic heterocycles. The Kier molecular flexibility index (Phi) is 6.01. The predicted octanol–water partition coefficient (Wildman–Crippen LogP) is 3.96. The number of nitrogens with one attached hydrogen (secondary N) is 2. The Labute approximate surface area is 170 Å². The molecule has 1 saturated carbocycles. The molecular weight excluding hydrogens is 368 g/mol. The Morgan fingerprint density at radius 3 is 1.93 bits per heavy atom. The van der Waals surface area contributed by atoms with E-state index in [-0.39, 0.29) is 11.8 Å². The molecule has 0 radical (unpaired) electrons. The molecule has 152 valence electrons. The third-order valence-corrected chi connectivity index (χ3v) is 5.42. The highest BCUT2D eigenvalue weighted by Gasteiger charge is 2.56. The van der Waals surface area contributed by atoms with Gasteiger partial charge in [-0.05, 0) is 61.1 Å². The average Bonchev–Trinajstić information content (AvgIpc) is 3.56. The molecule has 6 heteroatoms. The molecule has 0 spiro atoms. The van der Waals surface area contributed by atoms with Crippen LogP contribution in [0.5, 0.6) is 0 Å². The fourth-order valence-corrected chi connectivity index (χ4v) is 3.38. The lowest BCUT2D eigenvalue weighted by Gasteiger charge is -2.19. The van der Waals surface area contributed by atoms with Crippen molar-refractivity contribution in [2.24, 2.45) is 5.41 Å². The van der Waals surface area contributed by atoms with Gasteiger partial charge in [-0.3, -0.25) is 9.59 Å². The zero-order chi connectivity index (χ0) is 21.0. The number of rotatable bonds is 7. The highest BCUT2D eigenvalue weighted by Crippen LogP contribution is 2.48. The summed E-state index contributed by atoms with van der Waals surface area (Å²) >= 11 is 0. The van der Waals surface area contributed by atoms with E-state index in [1.807, 2.05) is 32.0 Å². The molecule has 0 bridgehead atoms. The van der Waals surface area contributed by atoms with Gasteiger partial charge in [0, 0.05) is 11.4 Å². The third kappa shape index (κ3) is 4.16. The van der Waals surface area contributed by atoms with E-state index in [2.05, 4.69) is 15.4 Å². The van der Waals surface area contributed by atoms with Crippen molar-refractivity contribution < 1.29 is 19.1 Å². The second kappa shape index (κ2) is 8.47. The molecule has 3 rings (SSSR count). The number of hydrogen-bond acceptors (Lipinski definition) is 4. The minimum atomic E-state index is -1.05. The van der Waals surface area contributed by atoms with Crippen LogP contribution in [0.1, 0.15) is 48.2 Å². The lowest BCUT2D eigenvalue weighted by molar-refractivity contribution is -0.131. The van der Waals surface area contributed by atoms with Crippen molar-refractivity contribution in [1.82, 2.24) is 0 Å². The molecule has 0 unspecified atom stereocenters. The van der Waals surface area contributed by atoms with Crippen LogP contribution in [0.15, 0.2) is 42.5 Å². The number of esters is 1. The van der Waals surface area contributed by atoms with E-state index in [4.69, 9.17) is 0 Å². The predicted molar refractivity (Wildman–Crippen MR) is 112 cm³/mol. The first-order chi connectivity index (χ1) is 13.9. The van der Waals surface area contributed by atoms with Gasteiger partial charge >= 0.3 is 5.97 Å². The number of amides is 2. The lowest BCUT2D eigenvalue weighted by Crippen LogP contribution is -2.36. The number of carbonyl (C=O) groups excluding carboxylic acids is 3. The molecule has 1 fully saturated rings. The van der Waals surface area contributed by atoms with Crippen LogP contribution in [0, 0.1) is 5.41 Å². The van der Waals surface area contributed by atoms with Crippen molar-refractivity contribution in [3.63, 3.8) is 0 Å². The Morgan fingerprint density at radius 1 is 0.897 bits per heavy atom. The van der Waals surface area contributed by atoms with Gasteiger partial charge in [0.25, 0.3) is 0 Å². The molecule has 2 aromatic rings. The van der Waals surface area contributed by atoms with Gasteiger partial charge in [-0.1, -0.05) is 32.0 Å². The van der Waals surface area contributed by atoms with Crippen LogP contribution in [-0.4, -0.2) is 24.9 Å². The van der Waals surface area contributed by atoms with Crippen LogP contribution in [0.2, 0.25) is 0 Å².